The largest absolute Gasteiger partial charge is 0.455 e. The lowest BCUT2D eigenvalue weighted by Gasteiger charge is -2.04. The smallest absolute Gasteiger partial charge is 0.284 e. The average molecular weight is 208 g/mol. The van der Waals surface area contributed by atoms with E-state index in [0.717, 1.165) is 5.56 Å². The Bertz CT molecular complexity index is 338. The molecular formula is C8H8F3OP. The fourth-order valence-electron chi connectivity index (χ4n) is 0.972. The van der Waals surface area contributed by atoms with Gasteiger partial charge in [0.15, 0.2) is 0 Å². The summed E-state index contributed by atoms with van der Waals surface area (Å²) < 4.78 is 36.0. The molecule has 1 unspecified atom stereocenters. The molecule has 1 aromatic rings. The monoisotopic (exact) mass is 208 g/mol. The summed E-state index contributed by atoms with van der Waals surface area (Å²) in [4.78, 5) is 10.8. The minimum atomic E-state index is -4.73. The molecule has 0 aliphatic rings. The topological polar surface area (TPSA) is 17.1 Å². The van der Waals surface area contributed by atoms with E-state index in [4.69, 9.17) is 0 Å². The van der Waals surface area contributed by atoms with Crippen molar-refractivity contribution in [2.45, 2.75) is 20.0 Å². The first kappa shape index (κ1) is 10.3. The summed E-state index contributed by atoms with van der Waals surface area (Å²) in [7, 11) is -0.138. The third-order valence-electron chi connectivity index (χ3n) is 1.88. The molecule has 0 amide bonds. The van der Waals surface area contributed by atoms with Crippen molar-refractivity contribution in [3.05, 3.63) is 22.2 Å². The predicted octanol–water partition coefficient (Wildman–Crippen LogP) is 3.08. The molecule has 0 radical (unpaired) electrons. The fraction of sp³-hybridized carbons (Fsp3) is 0.375. The molecule has 13 heavy (non-hydrogen) atoms. The van der Waals surface area contributed by atoms with Crippen LogP contribution in [0.25, 0.3) is 0 Å². The minimum Gasteiger partial charge on any atom is -0.284 e. The Labute approximate surface area is 75.0 Å². The zero-order valence-corrected chi connectivity index (χ0v) is 8.12. The third-order valence-corrected chi connectivity index (χ3v) is 3.35. The molecular weight excluding hydrogens is 200 g/mol. The highest BCUT2D eigenvalue weighted by atomic mass is 31.0. The van der Waals surface area contributed by atoms with Crippen LogP contribution in [-0.2, 0) is 0 Å². The molecule has 1 aromatic heterocycles. The van der Waals surface area contributed by atoms with Crippen LogP contribution in [0.1, 0.15) is 21.2 Å². The lowest BCUT2D eigenvalue weighted by molar-refractivity contribution is -0.0882. The molecule has 1 nitrogen and oxygen atoms in total. The third kappa shape index (κ3) is 1.94. The number of hydrogen-bond donors (Lipinski definition) is 0. The highest BCUT2D eigenvalue weighted by Gasteiger charge is 2.40. The summed E-state index contributed by atoms with van der Waals surface area (Å²) in [6.07, 6.45) is -4.73. The Morgan fingerprint density at radius 1 is 1.38 bits per heavy atom. The lowest BCUT2D eigenvalue weighted by Crippen LogP contribution is -2.22. The second-order valence-corrected chi connectivity index (χ2v) is 3.88. The van der Waals surface area contributed by atoms with Gasteiger partial charge in [0.05, 0.1) is 0 Å². The summed E-state index contributed by atoms with van der Waals surface area (Å²) in [5.41, 5.74) is 1.24. The van der Waals surface area contributed by atoms with E-state index in [0.29, 0.717) is 5.56 Å². The summed E-state index contributed by atoms with van der Waals surface area (Å²) in [5.74, 6) is -0.0367. The van der Waals surface area contributed by atoms with Crippen LogP contribution < -0.4 is 0 Å². The van der Waals surface area contributed by atoms with Gasteiger partial charge in [0.2, 0.25) is 0 Å². The SMILES string of the molecule is Cc1c[pH]c(C(=O)C(F)(F)F)c1C. The Morgan fingerprint density at radius 2 is 1.92 bits per heavy atom. The quantitative estimate of drug-likeness (QED) is 0.648. The molecule has 72 valence electrons. The summed E-state index contributed by atoms with van der Waals surface area (Å²) in [6, 6.07) is 0. The predicted molar refractivity (Wildman–Crippen MR) is 45.8 cm³/mol. The second-order valence-electron chi connectivity index (χ2n) is 2.80. The van der Waals surface area contributed by atoms with E-state index in [2.05, 4.69) is 0 Å². The normalized spacial score (nSPS) is 12.4. The number of halogens is 3. The van der Waals surface area contributed by atoms with Crippen LogP contribution in [0.3, 0.4) is 0 Å². The maximum absolute atomic E-state index is 12.0. The van der Waals surface area contributed by atoms with Crippen molar-refractivity contribution in [1.82, 2.24) is 0 Å². The number of ketones is 1. The Kier molecular flexibility index (Phi) is 2.53. The molecule has 0 spiro atoms. The number of carbonyl (C=O) groups is 1. The lowest BCUT2D eigenvalue weighted by atomic mass is 10.1. The summed E-state index contributed by atoms with van der Waals surface area (Å²) >= 11 is 0. The van der Waals surface area contributed by atoms with Crippen molar-refractivity contribution in [2.75, 3.05) is 0 Å². The number of rotatable bonds is 1. The van der Waals surface area contributed by atoms with E-state index < -0.39 is 12.0 Å². The van der Waals surface area contributed by atoms with E-state index in [9.17, 15) is 18.0 Å². The molecule has 0 N–H and O–H groups in total. The summed E-state index contributed by atoms with van der Waals surface area (Å²) in [5, 5.41) is -0.0926. The maximum atomic E-state index is 12.0. The zero-order chi connectivity index (χ0) is 10.2. The first-order valence-corrected chi connectivity index (χ1v) is 4.68. The second kappa shape index (κ2) is 3.18. The van der Waals surface area contributed by atoms with Crippen molar-refractivity contribution in [2.24, 2.45) is 0 Å². The van der Waals surface area contributed by atoms with E-state index in [-0.39, 0.29) is 13.5 Å². The first-order chi connectivity index (χ1) is 5.84. The van der Waals surface area contributed by atoms with Gasteiger partial charge in [-0.3, -0.25) is 4.79 Å². The van der Waals surface area contributed by atoms with Crippen LogP contribution in [-0.4, -0.2) is 12.0 Å². The molecule has 1 atom stereocenters. The van der Waals surface area contributed by atoms with Crippen molar-refractivity contribution in [3.8, 4) is 0 Å². The maximum Gasteiger partial charge on any atom is 0.455 e. The summed E-state index contributed by atoms with van der Waals surface area (Å²) in [6.45, 7) is 3.25. The van der Waals surface area contributed by atoms with Crippen LogP contribution >= 0.6 is 8.19 Å². The van der Waals surface area contributed by atoms with Gasteiger partial charge >= 0.3 is 6.18 Å². The molecule has 1 heterocycles. The highest BCUT2D eigenvalue weighted by molar-refractivity contribution is 7.32. The van der Waals surface area contributed by atoms with Gasteiger partial charge in [-0.2, -0.15) is 13.2 Å². The van der Waals surface area contributed by atoms with E-state index in [1.807, 2.05) is 0 Å². The average Bonchev–Trinajstić information content (AvgIpc) is 2.30. The molecule has 1 rings (SSSR count). The molecule has 5 heteroatoms. The molecule has 0 aromatic carbocycles. The highest BCUT2D eigenvalue weighted by Crippen LogP contribution is 2.31. The van der Waals surface area contributed by atoms with Crippen LogP contribution in [0, 0.1) is 13.8 Å². The van der Waals surface area contributed by atoms with Gasteiger partial charge in [0.1, 0.15) is 0 Å². The molecule has 0 saturated heterocycles. The Hall–Kier alpha value is -0.760. The van der Waals surface area contributed by atoms with Crippen molar-refractivity contribution < 1.29 is 18.0 Å². The number of aryl methyl sites for hydroxylation is 1. The zero-order valence-electron chi connectivity index (χ0n) is 7.12. The first-order valence-electron chi connectivity index (χ1n) is 3.60. The number of hydrogen-bond acceptors (Lipinski definition) is 1. The van der Waals surface area contributed by atoms with E-state index in [1.54, 1.807) is 19.6 Å². The van der Waals surface area contributed by atoms with E-state index in [1.165, 1.54) is 0 Å². The Balaban J connectivity index is 3.10. The number of alkyl halides is 3. The molecule has 0 saturated carbocycles. The van der Waals surface area contributed by atoms with Gasteiger partial charge in [-0.05, 0) is 30.8 Å². The molecule has 0 fully saturated rings. The van der Waals surface area contributed by atoms with E-state index >= 15 is 0 Å². The molecule has 0 bridgehead atoms. The van der Waals surface area contributed by atoms with Gasteiger partial charge in [-0.25, -0.2) is 0 Å². The van der Waals surface area contributed by atoms with Crippen LogP contribution in [0.15, 0.2) is 5.80 Å². The standard InChI is InChI=1S/C8H8F3OP/c1-4-3-13-6(5(4)2)7(12)8(9,10)11/h3,13H,1-2H3. The van der Waals surface area contributed by atoms with Gasteiger partial charge in [0, 0.05) is 5.30 Å². The van der Waals surface area contributed by atoms with Crippen molar-refractivity contribution >= 4 is 14.0 Å². The molecule has 0 aliphatic heterocycles. The number of Topliss-reactive ketones (excluding diaryl/α,β-unsaturated/α-hetero) is 1. The molecule has 0 aliphatic carbocycles. The van der Waals surface area contributed by atoms with Crippen molar-refractivity contribution in [1.29, 1.82) is 0 Å². The fourth-order valence-corrected chi connectivity index (χ4v) is 2.24. The Morgan fingerprint density at radius 3 is 2.23 bits per heavy atom. The van der Waals surface area contributed by atoms with Gasteiger partial charge < -0.3 is 0 Å². The van der Waals surface area contributed by atoms with Gasteiger partial charge in [0.25, 0.3) is 5.78 Å². The van der Waals surface area contributed by atoms with Crippen LogP contribution in [0.2, 0.25) is 0 Å². The number of carbonyl (C=O) groups excluding carboxylic acids is 1. The van der Waals surface area contributed by atoms with Gasteiger partial charge in [-0.1, -0.05) is 0 Å². The van der Waals surface area contributed by atoms with Gasteiger partial charge in [-0.15, -0.1) is 8.19 Å². The minimum absolute atomic E-state index is 0.0926. The van der Waals surface area contributed by atoms with Crippen molar-refractivity contribution in [3.63, 3.8) is 0 Å². The van der Waals surface area contributed by atoms with Crippen LogP contribution in [0.5, 0.6) is 0 Å². The van der Waals surface area contributed by atoms with Crippen LogP contribution in [0.4, 0.5) is 13.2 Å².